The number of nitrogens with zero attached hydrogens (tertiary/aromatic N) is 2. The quantitative estimate of drug-likeness (QED) is 0.609. The lowest BCUT2D eigenvalue weighted by atomic mass is 10.2. The van der Waals surface area contributed by atoms with Crippen LogP contribution in [-0.2, 0) is 29.2 Å². The van der Waals surface area contributed by atoms with Crippen molar-refractivity contribution in [3.63, 3.8) is 0 Å². The monoisotopic (exact) mass is 420 g/mol. The molecular formula is C23H24N4O4. The van der Waals surface area contributed by atoms with Gasteiger partial charge in [0.05, 0.1) is 10.9 Å². The molecule has 2 aromatic carbocycles. The second-order valence-electron chi connectivity index (χ2n) is 7.68. The number of hydrogen-bond donors (Lipinski definition) is 2. The molecule has 4 rings (SSSR count). The van der Waals surface area contributed by atoms with Crippen molar-refractivity contribution in [2.24, 2.45) is 5.92 Å². The van der Waals surface area contributed by atoms with Gasteiger partial charge in [0.2, 0.25) is 11.8 Å². The summed E-state index contributed by atoms with van der Waals surface area (Å²) in [5, 5.41) is 6.10. The van der Waals surface area contributed by atoms with E-state index >= 15 is 0 Å². The number of fused-ring (bicyclic) bond motifs is 1. The molecule has 8 nitrogen and oxygen atoms in total. The first-order chi connectivity index (χ1) is 15.0. The number of benzene rings is 2. The van der Waals surface area contributed by atoms with E-state index < -0.39 is 5.69 Å². The fourth-order valence-electron chi connectivity index (χ4n) is 3.55. The molecule has 0 spiro atoms. The van der Waals surface area contributed by atoms with Crippen LogP contribution in [0.4, 0.5) is 5.69 Å². The van der Waals surface area contributed by atoms with Crippen molar-refractivity contribution in [2.45, 2.75) is 39.4 Å². The van der Waals surface area contributed by atoms with Crippen LogP contribution >= 0.6 is 0 Å². The first-order valence-corrected chi connectivity index (χ1v) is 10.4. The van der Waals surface area contributed by atoms with Gasteiger partial charge < -0.3 is 10.6 Å². The van der Waals surface area contributed by atoms with E-state index in [9.17, 15) is 19.2 Å². The number of anilines is 1. The van der Waals surface area contributed by atoms with E-state index in [1.165, 1.54) is 4.57 Å². The molecule has 1 saturated carbocycles. The molecule has 1 aliphatic rings. The molecule has 0 bridgehead atoms. The zero-order valence-electron chi connectivity index (χ0n) is 17.3. The first kappa shape index (κ1) is 20.6. The number of hydrogen-bond acceptors (Lipinski definition) is 4. The van der Waals surface area contributed by atoms with Crippen LogP contribution in [0.25, 0.3) is 10.9 Å². The summed E-state index contributed by atoms with van der Waals surface area (Å²) in [5.41, 5.74) is 1.09. The minimum absolute atomic E-state index is 0.0264. The number of para-hydroxylation sites is 1. The Bertz CT molecular complexity index is 1270. The van der Waals surface area contributed by atoms with Crippen molar-refractivity contribution in [3.8, 4) is 0 Å². The molecule has 0 saturated heterocycles. The maximum Gasteiger partial charge on any atom is 0.331 e. The van der Waals surface area contributed by atoms with Gasteiger partial charge >= 0.3 is 5.69 Å². The molecule has 3 aromatic rings. The summed E-state index contributed by atoms with van der Waals surface area (Å²) in [6.07, 6.45) is 1.86. The Morgan fingerprint density at radius 3 is 2.55 bits per heavy atom. The summed E-state index contributed by atoms with van der Waals surface area (Å²) in [6.45, 7) is 2.00. The van der Waals surface area contributed by atoms with Crippen LogP contribution in [0.5, 0.6) is 0 Å². The smallest absolute Gasteiger partial charge is 0.331 e. The molecule has 0 aliphatic heterocycles. The van der Waals surface area contributed by atoms with Crippen LogP contribution in [0.2, 0.25) is 0 Å². The average molecular weight is 420 g/mol. The highest BCUT2D eigenvalue weighted by atomic mass is 16.2. The van der Waals surface area contributed by atoms with Gasteiger partial charge in [0.15, 0.2) is 0 Å². The lowest BCUT2D eigenvalue weighted by molar-refractivity contribution is -0.122. The second kappa shape index (κ2) is 8.59. The highest BCUT2D eigenvalue weighted by Crippen LogP contribution is 2.30. The zero-order chi connectivity index (χ0) is 22.0. The minimum atomic E-state index is -0.508. The molecule has 0 radical (unpaired) electrons. The fourth-order valence-corrected chi connectivity index (χ4v) is 3.55. The van der Waals surface area contributed by atoms with E-state index in [0.29, 0.717) is 16.6 Å². The van der Waals surface area contributed by atoms with E-state index in [4.69, 9.17) is 0 Å². The van der Waals surface area contributed by atoms with Crippen molar-refractivity contribution in [2.75, 3.05) is 5.32 Å². The number of rotatable bonds is 7. The summed E-state index contributed by atoms with van der Waals surface area (Å²) >= 11 is 0. The lowest BCUT2D eigenvalue weighted by Gasteiger charge is -2.13. The third-order valence-electron chi connectivity index (χ3n) is 5.38. The predicted molar refractivity (Wildman–Crippen MR) is 118 cm³/mol. The topological polar surface area (TPSA) is 102 Å². The average Bonchev–Trinajstić information content (AvgIpc) is 3.62. The molecule has 0 atom stereocenters. The van der Waals surface area contributed by atoms with Gasteiger partial charge in [0.25, 0.3) is 5.56 Å². The van der Waals surface area contributed by atoms with Gasteiger partial charge in [0.1, 0.15) is 6.54 Å². The number of amides is 2. The molecule has 8 heteroatoms. The van der Waals surface area contributed by atoms with Crippen molar-refractivity contribution in [1.29, 1.82) is 0 Å². The van der Waals surface area contributed by atoms with Gasteiger partial charge in [-0.3, -0.25) is 23.5 Å². The lowest BCUT2D eigenvalue weighted by Crippen LogP contribution is -2.42. The largest absolute Gasteiger partial charge is 0.350 e. The summed E-state index contributed by atoms with van der Waals surface area (Å²) in [7, 11) is 0. The molecule has 1 heterocycles. The van der Waals surface area contributed by atoms with Crippen LogP contribution in [0.1, 0.15) is 25.3 Å². The zero-order valence-corrected chi connectivity index (χ0v) is 17.3. The Hall–Kier alpha value is -3.68. The minimum Gasteiger partial charge on any atom is -0.350 e. The van der Waals surface area contributed by atoms with Crippen molar-refractivity contribution < 1.29 is 9.59 Å². The highest BCUT2D eigenvalue weighted by molar-refractivity contribution is 5.94. The molecule has 2 N–H and O–H groups in total. The third-order valence-corrected chi connectivity index (χ3v) is 5.38. The van der Waals surface area contributed by atoms with Gasteiger partial charge in [-0.2, -0.15) is 0 Å². The summed E-state index contributed by atoms with van der Waals surface area (Å²) in [6, 6.07) is 14.1. The highest BCUT2D eigenvalue weighted by Gasteiger charge is 2.29. The fraction of sp³-hybridized carbons (Fsp3) is 0.304. The van der Waals surface area contributed by atoms with Gasteiger partial charge in [-0.15, -0.1) is 0 Å². The third kappa shape index (κ3) is 4.42. The van der Waals surface area contributed by atoms with E-state index in [1.807, 2.05) is 24.3 Å². The predicted octanol–water partition coefficient (Wildman–Crippen LogP) is 1.85. The van der Waals surface area contributed by atoms with Gasteiger partial charge in [-0.05, 0) is 49.6 Å². The van der Waals surface area contributed by atoms with Gasteiger partial charge in [-0.1, -0.05) is 24.3 Å². The summed E-state index contributed by atoms with van der Waals surface area (Å²) in [4.78, 5) is 49.8. The maximum atomic E-state index is 12.8. The summed E-state index contributed by atoms with van der Waals surface area (Å²) < 4.78 is 2.45. The standard InChI is InChI=1S/C23H24N4O4/c1-2-26-22(30)18-8-3-4-9-19(18)27(23(26)31)14-20(28)24-13-15-6-5-7-17(12-15)25-21(29)16-10-11-16/h3-9,12,16H,2,10-11,13-14H2,1H3,(H,24,28)(H,25,29). The second-order valence-corrected chi connectivity index (χ2v) is 7.68. The molecule has 1 aromatic heterocycles. The van der Waals surface area contributed by atoms with Crippen molar-refractivity contribution in [1.82, 2.24) is 14.5 Å². The molecular weight excluding hydrogens is 396 g/mol. The Morgan fingerprint density at radius 2 is 1.81 bits per heavy atom. The van der Waals surface area contributed by atoms with E-state index in [0.717, 1.165) is 23.0 Å². The van der Waals surface area contributed by atoms with Crippen molar-refractivity contribution in [3.05, 3.63) is 74.9 Å². The van der Waals surface area contributed by atoms with Gasteiger partial charge in [-0.25, -0.2) is 4.79 Å². The van der Waals surface area contributed by atoms with Crippen molar-refractivity contribution >= 4 is 28.4 Å². The molecule has 160 valence electrons. The van der Waals surface area contributed by atoms with Crippen LogP contribution in [0.3, 0.4) is 0 Å². The summed E-state index contributed by atoms with van der Waals surface area (Å²) in [5.74, 6) is -0.206. The van der Waals surface area contributed by atoms with E-state index in [1.54, 1.807) is 31.2 Å². The number of nitrogens with one attached hydrogen (secondary N) is 2. The molecule has 1 aliphatic carbocycles. The van der Waals surface area contributed by atoms with Gasteiger partial charge in [0, 0.05) is 24.7 Å². The van der Waals surface area contributed by atoms with E-state index in [2.05, 4.69) is 10.6 Å². The Kier molecular flexibility index (Phi) is 5.70. The van der Waals surface area contributed by atoms with Crippen LogP contribution in [-0.4, -0.2) is 20.9 Å². The van der Waals surface area contributed by atoms with E-state index in [-0.39, 0.29) is 42.9 Å². The van der Waals surface area contributed by atoms with Crippen LogP contribution in [0.15, 0.2) is 58.1 Å². The normalized spacial score (nSPS) is 13.2. The number of carbonyl (C=O) groups excluding carboxylic acids is 2. The molecule has 1 fully saturated rings. The molecule has 31 heavy (non-hydrogen) atoms. The Balaban J connectivity index is 1.48. The first-order valence-electron chi connectivity index (χ1n) is 10.4. The Labute approximate surface area is 178 Å². The van der Waals surface area contributed by atoms with Crippen LogP contribution in [0, 0.1) is 5.92 Å². The molecule has 0 unspecified atom stereocenters. The number of aromatic nitrogens is 2. The molecule has 2 amide bonds. The van der Waals surface area contributed by atoms with Crippen LogP contribution < -0.4 is 21.9 Å². The maximum absolute atomic E-state index is 12.8. The number of carbonyl (C=O) groups is 2. The Morgan fingerprint density at radius 1 is 1.03 bits per heavy atom. The SMILES string of the molecule is CCn1c(=O)c2ccccc2n(CC(=O)NCc2cccc(NC(=O)C3CC3)c2)c1=O.